The summed E-state index contributed by atoms with van der Waals surface area (Å²) >= 11 is 3.04. The Morgan fingerprint density at radius 1 is 1.19 bits per heavy atom. The summed E-state index contributed by atoms with van der Waals surface area (Å²) in [6.07, 6.45) is 0.535. The molecule has 0 aliphatic heterocycles. The second-order valence-corrected chi connectivity index (χ2v) is 8.40. The van der Waals surface area contributed by atoms with E-state index < -0.39 is 5.69 Å². The standard InChI is InChI=1S/C20H22N2O3S2/c1-4-17-18(23)21-20(24)22(12-25-11-15-6-5-7-26-15)19(17)27-16-9-13(2)8-14(3)10-16/h5-10H,4,11-12H2,1-3H3,(H,21,23,24). The van der Waals surface area contributed by atoms with Crippen molar-refractivity contribution < 1.29 is 4.74 Å². The van der Waals surface area contributed by atoms with E-state index in [-0.39, 0.29) is 12.3 Å². The number of hydrogen-bond donors (Lipinski definition) is 1. The van der Waals surface area contributed by atoms with Crippen LogP contribution in [0.15, 0.2) is 55.2 Å². The Kier molecular flexibility index (Phi) is 6.36. The number of ether oxygens (including phenoxy) is 1. The van der Waals surface area contributed by atoms with Crippen LogP contribution in [0, 0.1) is 13.8 Å². The lowest BCUT2D eigenvalue weighted by Crippen LogP contribution is -2.34. The van der Waals surface area contributed by atoms with Gasteiger partial charge in [-0.05, 0) is 55.0 Å². The molecule has 7 heteroatoms. The van der Waals surface area contributed by atoms with Gasteiger partial charge in [0.05, 0.1) is 11.6 Å². The van der Waals surface area contributed by atoms with Gasteiger partial charge < -0.3 is 4.74 Å². The zero-order valence-corrected chi connectivity index (χ0v) is 17.2. The highest BCUT2D eigenvalue weighted by Gasteiger charge is 2.15. The number of H-pyrrole nitrogens is 1. The van der Waals surface area contributed by atoms with Crippen LogP contribution < -0.4 is 11.2 Å². The van der Waals surface area contributed by atoms with Gasteiger partial charge >= 0.3 is 5.69 Å². The van der Waals surface area contributed by atoms with Crippen LogP contribution in [0.1, 0.15) is 28.5 Å². The van der Waals surface area contributed by atoms with Crippen molar-refractivity contribution >= 4 is 23.1 Å². The Hall–Kier alpha value is -2.09. The van der Waals surface area contributed by atoms with E-state index in [4.69, 9.17) is 4.74 Å². The molecule has 0 aliphatic carbocycles. The predicted molar refractivity (Wildman–Crippen MR) is 110 cm³/mol. The molecule has 5 nitrogen and oxygen atoms in total. The molecule has 0 saturated heterocycles. The van der Waals surface area contributed by atoms with Crippen LogP contribution in [-0.4, -0.2) is 9.55 Å². The quantitative estimate of drug-likeness (QED) is 0.604. The molecule has 0 amide bonds. The Morgan fingerprint density at radius 2 is 1.93 bits per heavy atom. The Labute approximate surface area is 166 Å². The first-order valence-electron chi connectivity index (χ1n) is 8.70. The monoisotopic (exact) mass is 402 g/mol. The van der Waals surface area contributed by atoms with Crippen molar-refractivity contribution in [1.82, 2.24) is 9.55 Å². The molecule has 0 radical (unpaired) electrons. The Bertz CT molecular complexity index is 1020. The summed E-state index contributed by atoms with van der Waals surface area (Å²) in [4.78, 5) is 29.3. The smallest absolute Gasteiger partial charge is 0.331 e. The van der Waals surface area contributed by atoms with Crippen molar-refractivity contribution in [2.75, 3.05) is 0 Å². The molecular weight excluding hydrogens is 380 g/mol. The van der Waals surface area contributed by atoms with E-state index >= 15 is 0 Å². The van der Waals surface area contributed by atoms with E-state index in [0.717, 1.165) is 20.9 Å². The van der Waals surface area contributed by atoms with E-state index in [1.165, 1.54) is 16.3 Å². The first-order valence-corrected chi connectivity index (χ1v) is 10.4. The fraction of sp³-hybridized carbons (Fsp3) is 0.300. The van der Waals surface area contributed by atoms with E-state index in [9.17, 15) is 9.59 Å². The van der Waals surface area contributed by atoms with Crippen molar-refractivity contribution in [3.63, 3.8) is 0 Å². The predicted octanol–water partition coefficient (Wildman–Crippen LogP) is 4.10. The minimum absolute atomic E-state index is 0.0909. The molecule has 0 fully saturated rings. The highest BCUT2D eigenvalue weighted by Crippen LogP contribution is 2.30. The molecule has 2 heterocycles. The fourth-order valence-electron chi connectivity index (χ4n) is 2.87. The number of hydrogen-bond acceptors (Lipinski definition) is 5. The molecule has 0 spiro atoms. The van der Waals surface area contributed by atoms with Crippen molar-refractivity contribution in [1.29, 1.82) is 0 Å². The molecule has 0 saturated carbocycles. The summed E-state index contributed by atoms with van der Waals surface area (Å²) < 4.78 is 7.26. The number of aryl methyl sites for hydroxylation is 2. The molecule has 1 N–H and O–H groups in total. The summed E-state index contributed by atoms with van der Waals surface area (Å²) in [6, 6.07) is 10.2. The molecular formula is C20H22N2O3S2. The highest BCUT2D eigenvalue weighted by atomic mass is 32.2. The molecule has 1 aromatic carbocycles. The Balaban J connectivity index is 1.95. The van der Waals surface area contributed by atoms with Crippen LogP contribution in [0.5, 0.6) is 0 Å². The zero-order chi connectivity index (χ0) is 19.4. The van der Waals surface area contributed by atoms with Gasteiger partial charge in [-0.1, -0.05) is 30.8 Å². The van der Waals surface area contributed by atoms with Crippen molar-refractivity contribution in [3.8, 4) is 0 Å². The summed E-state index contributed by atoms with van der Waals surface area (Å²) in [5, 5.41) is 2.63. The van der Waals surface area contributed by atoms with Crippen molar-refractivity contribution in [3.05, 3.63) is 78.1 Å². The second-order valence-electron chi connectivity index (χ2n) is 6.31. The van der Waals surface area contributed by atoms with E-state index in [1.54, 1.807) is 11.3 Å². The van der Waals surface area contributed by atoms with E-state index in [0.29, 0.717) is 23.6 Å². The maximum Gasteiger partial charge on any atom is 0.331 e. The fourth-order valence-corrected chi connectivity index (χ4v) is 4.83. The third kappa shape index (κ3) is 4.80. The van der Waals surface area contributed by atoms with Gasteiger partial charge in [-0.25, -0.2) is 4.79 Å². The topological polar surface area (TPSA) is 64.1 Å². The lowest BCUT2D eigenvalue weighted by molar-refractivity contribution is 0.0567. The van der Waals surface area contributed by atoms with Gasteiger partial charge in [0.15, 0.2) is 0 Å². The molecule has 0 atom stereocenters. The maximum absolute atomic E-state index is 12.5. The number of aromatic amines is 1. The van der Waals surface area contributed by atoms with Crippen LogP contribution in [0.4, 0.5) is 0 Å². The minimum Gasteiger partial charge on any atom is -0.355 e. The molecule has 142 valence electrons. The number of nitrogens with one attached hydrogen (secondary N) is 1. The van der Waals surface area contributed by atoms with Gasteiger partial charge in [0.25, 0.3) is 5.56 Å². The van der Waals surface area contributed by atoms with Gasteiger partial charge in [0.1, 0.15) is 6.73 Å². The minimum atomic E-state index is -0.449. The number of benzene rings is 1. The van der Waals surface area contributed by atoms with Crippen molar-refractivity contribution in [2.45, 2.75) is 50.5 Å². The summed E-state index contributed by atoms with van der Waals surface area (Å²) in [5.41, 5.74) is 2.10. The molecule has 3 aromatic rings. The van der Waals surface area contributed by atoms with Crippen LogP contribution in [0.3, 0.4) is 0 Å². The van der Waals surface area contributed by atoms with Crippen molar-refractivity contribution in [2.24, 2.45) is 0 Å². The molecule has 0 bridgehead atoms. The van der Waals surface area contributed by atoms with Crippen LogP contribution in [0.25, 0.3) is 0 Å². The lowest BCUT2D eigenvalue weighted by atomic mass is 10.2. The SMILES string of the molecule is CCc1c(Sc2cc(C)cc(C)c2)n(COCc2cccs2)c(=O)[nH]c1=O. The Morgan fingerprint density at radius 3 is 2.56 bits per heavy atom. The maximum atomic E-state index is 12.5. The average molecular weight is 403 g/mol. The molecule has 0 unspecified atom stereocenters. The number of thiophene rings is 1. The number of aromatic nitrogens is 2. The van der Waals surface area contributed by atoms with E-state index in [1.807, 2.05) is 38.3 Å². The first kappa shape index (κ1) is 19.7. The number of nitrogens with zero attached hydrogens (tertiary/aromatic N) is 1. The zero-order valence-electron chi connectivity index (χ0n) is 15.6. The molecule has 27 heavy (non-hydrogen) atoms. The van der Waals surface area contributed by atoms with Crippen LogP contribution >= 0.6 is 23.1 Å². The number of rotatable bonds is 7. The molecule has 3 rings (SSSR count). The summed E-state index contributed by atoms with van der Waals surface area (Å²) in [7, 11) is 0. The molecule has 0 aliphatic rings. The highest BCUT2D eigenvalue weighted by molar-refractivity contribution is 7.99. The van der Waals surface area contributed by atoms with E-state index in [2.05, 4.69) is 23.2 Å². The third-order valence-corrected chi connectivity index (χ3v) is 6.03. The van der Waals surface area contributed by atoms with Crippen LogP contribution in [0.2, 0.25) is 0 Å². The van der Waals surface area contributed by atoms with Crippen LogP contribution in [-0.2, 0) is 24.5 Å². The van der Waals surface area contributed by atoms with Gasteiger partial charge in [-0.3, -0.25) is 14.3 Å². The first-order chi connectivity index (χ1) is 13.0. The third-order valence-electron chi connectivity index (χ3n) is 4.05. The van der Waals surface area contributed by atoms with Gasteiger partial charge in [0.2, 0.25) is 0 Å². The normalized spacial score (nSPS) is 11.1. The largest absolute Gasteiger partial charge is 0.355 e. The molecule has 2 aromatic heterocycles. The summed E-state index contributed by atoms with van der Waals surface area (Å²) in [5.74, 6) is 0. The van der Waals surface area contributed by atoms with Gasteiger partial charge in [0, 0.05) is 15.3 Å². The van der Waals surface area contributed by atoms with Gasteiger partial charge in [-0.2, -0.15) is 0 Å². The average Bonchev–Trinajstić information content (AvgIpc) is 3.10. The second kappa shape index (κ2) is 8.73. The van der Waals surface area contributed by atoms with Gasteiger partial charge in [-0.15, -0.1) is 11.3 Å². The summed E-state index contributed by atoms with van der Waals surface area (Å²) in [6.45, 7) is 6.50. The lowest BCUT2D eigenvalue weighted by Gasteiger charge is -2.15.